The van der Waals surface area contributed by atoms with Gasteiger partial charge in [0.2, 0.25) is 0 Å². The van der Waals surface area contributed by atoms with Crippen LogP contribution in [0.2, 0.25) is 0 Å². The van der Waals surface area contributed by atoms with E-state index in [1.807, 2.05) is 0 Å². The fraction of sp³-hybridized carbons (Fsp3) is 0.429. The van der Waals surface area contributed by atoms with Gasteiger partial charge < -0.3 is 5.11 Å². The van der Waals surface area contributed by atoms with Crippen LogP contribution < -0.4 is 5.06 Å². The van der Waals surface area contributed by atoms with Crippen molar-refractivity contribution >= 4 is 5.82 Å². The molecule has 1 aromatic rings. The molecule has 0 radical (unpaired) electrons. The van der Waals surface area contributed by atoms with Crippen LogP contribution in [0.5, 0.6) is 0 Å². The van der Waals surface area contributed by atoms with Crippen molar-refractivity contribution in [2.24, 2.45) is 0 Å². The molecule has 0 bridgehead atoms. The van der Waals surface area contributed by atoms with Gasteiger partial charge in [0.1, 0.15) is 6.61 Å². The van der Waals surface area contributed by atoms with Gasteiger partial charge in [0.05, 0.1) is 12.6 Å². The maximum Gasteiger partial charge on any atom is 0.175 e. The predicted octanol–water partition coefficient (Wildman–Crippen LogP) is -0.411. The molecule has 0 amide bonds. The van der Waals surface area contributed by atoms with Crippen LogP contribution in [-0.2, 0) is 4.84 Å². The molecule has 1 atom stereocenters. The third-order valence-electron chi connectivity index (χ3n) is 1.61. The Labute approximate surface area is 69.5 Å². The Morgan fingerprint density at radius 2 is 2.58 bits per heavy atom. The van der Waals surface area contributed by atoms with E-state index < -0.39 is 6.10 Å². The molecule has 5 heteroatoms. The van der Waals surface area contributed by atoms with Crippen LogP contribution in [0.3, 0.4) is 0 Å². The number of hydrogen-bond acceptors (Lipinski definition) is 5. The molecule has 64 valence electrons. The monoisotopic (exact) mass is 167 g/mol. The average Bonchev–Trinajstić information content (AvgIpc) is 2.54. The SMILES string of the molecule is OC1CON(c2cccnn2)C1. The molecule has 1 saturated heterocycles. The van der Waals surface area contributed by atoms with Crippen molar-refractivity contribution in [1.29, 1.82) is 0 Å². The van der Waals surface area contributed by atoms with E-state index >= 15 is 0 Å². The molecule has 1 fully saturated rings. The summed E-state index contributed by atoms with van der Waals surface area (Å²) in [4.78, 5) is 5.13. The number of aromatic nitrogens is 2. The van der Waals surface area contributed by atoms with Gasteiger partial charge in [-0.3, -0.25) is 4.84 Å². The van der Waals surface area contributed by atoms with Crippen molar-refractivity contribution in [2.75, 3.05) is 18.2 Å². The highest BCUT2D eigenvalue weighted by Gasteiger charge is 2.22. The predicted molar refractivity (Wildman–Crippen MR) is 41.3 cm³/mol. The van der Waals surface area contributed by atoms with E-state index in [9.17, 15) is 0 Å². The van der Waals surface area contributed by atoms with Crippen LogP contribution >= 0.6 is 0 Å². The molecule has 2 rings (SSSR count). The molecule has 1 N–H and O–H groups in total. The zero-order chi connectivity index (χ0) is 8.39. The molecule has 0 saturated carbocycles. The summed E-state index contributed by atoms with van der Waals surface area (Å²) in [6.45, 7) is 0.787. The first-order chi connectivity index (χ1) is 5.86. The molecule has 0 aromatic carbocycles. The molecule has 5 nitrogen and oxygen atoms in total. The van der Waals surface area contributed by atoms with E-state index in [1.165, 1.54) is 5.06 Å². The van der Waals surface area contributed by atoms with Gasteiger partial charge in [0.25, 0.3) is 0 Å². The van der Waals surface area contributed by atoms with Crippen molar-refractivity contribution in [3.8, 4) is 0 Å². The Balaban J connectivity index is 2.11. The second-order valence-corrected chi connectivity index (χ2v) is 2.59. The average molecular weight is 167 g/mol. The van der Waals surface area contributed by atoms with Crippen molar-refractivity contribution in [3.05, 3.63) is 18.3 Å². The quantitative estimate of drug-likeness (QED) is 0.616. The Morgan fingerprint density at radius 1 is 1.67 bits per heavy atom. The lowest BCUT2D eigenvalue weighted by Gasteiger charge is -2.12. The second-order valence-electron chi connectivity index (χ2n) is 2.59. The third kappa shape index (κ3) is 1.37. The highest BCUT2D eigenvalue weighted by Crippen LogP contribution is 2.14. The first-order valence-corrected chi connectivity index (χ1v) is 3.72. The lowest BCUT2D eigenvalue weighted by molar-refractivity contribution is 0.115. The molecule has 12 heavy (non-hydrogen) atoms. The highest BCUT2D eigenvalue weighted by molar-refractivity contribution is 5.33. The first kappa shape index (κ1) is 7.45. The van der Waals surface area contributed by atoms with E-state index in [0.717, 1.165) is 0 Å². The van der Waals surface area contributed by atoms with Crippen molar-refractivity contribution in [2.45, 2.75) is 6.10 Å². The Kier molecular flexibility index (Phi) is 1.89. The van der Waals surface area contributed by atoms with Gasteiger partial charge in [0, 0.05) is 6.20 Å². The zero-order valence-corrected chi connectivity index (χ0v) is 6.42. The number of β-amino-alcohol motifs (C(OH)–C–C–N with tert-alkyl or cyclic N) is 1. The van der Waals surface area contributed by atoms with Crippen LogP contribution in [-0.4, -0.2) is 34.6 Å². The van der Waals surface area contributed by atoms with Gasteiger partial charge in [-0.2, -0.15) is 5.10 Å². The fourth-order valence-corrected chi connectivity index (χ4v) is 1.06. The number of aliphatic hydroxyl groups excluding tert-OH is 1. The number of anilines is 1. The van der Waals surface area contributed by atoms with Crippen molar-refractivity contribution < 1.29 is 9.94 Å². The fourth-order valence-electron chi connectivity index (χ4n) is 1.06. The van der Waals surface area contributed by atoms with Crippen LogP contribution in [0.4, 0.5) is 5.82 Å². The topological polar surface area (TPSA) is 58.5 Å². The minimum Gasteiger partial charge on any atom is -0.389 e. The second kappa shape index (κ2) is 3.04. The van der Waals surface area contributed by atoms with Gasteiger partial charge in [-0.25, -0.2) is 5.06 Å². The summed E-state index contributed by atoms with van der Waals surface area (Å²) in [7, 11) is 0. The molecule has 1 aliphatic heterocycles. The number of hydrogen-bond donors (Lipinski definition) is 1. The number of aliphatic hydroxyl groups is 1. The molecule has 0 spiro atoms. The minimum atomic E-state index is -0.424. The summed E-state index contributed by atoms with van der Waals surface area (Å²) in [6.07, 6.45) is 1.17. The lowest BCUT2D eigenvalue weighted by Crippen LogP contribution is -2.21. The van der Waals surface area contributed by atoms with Gasteiger partial charge in [0.15, 0.2) is 5.82 Å². The molecule has 1 aliphatic rings. The lowest BCUT2D eigenvalue weighted by atomic mass is 10.4. The standard InChI is InChI=1S/C7H9N3O2/c11-6-4-10(12-5-6)7-2-1-3-8-9-7/h1-3,6,11H,4-5H2. The first-order valence-electron chi connectivity index (χ1n) is 3.72. The molecular weight excluding hydrogens is 158 g/mol. The summed E-state index contributed by atoms with van der Waals surface area (Å²) in [5.41, 5.74) is 0. The van der Waals surface area contributed by atoms with Crippen LogP contribution in [0.1, 0.15) is 0 Å². The molecular formula is C7H9N3O2. The van der Waals surface area contributed by atoms with E-state index in [2.05, 4.69) is 10.2 Å². The summed E-state index contributed by atoms with van der Waals surface area (Å²) >= 11 is 0. The number of hydroxylamine groups is 1. The molecule has 1 unspecified atom stereocenters. The summed E-state index contributed by atoms with van der Waals surface area (Å²) < 4.78 is 0. The van der Waals surface area contributed by atoms with Gasteiger partial charge >= 0.3 is 0 Å². The summed E-state index contributed by atoms with van der Waals surface area (Å²) in [5, 5.41) is 18.2. The number of nitrogens with zero attached hydrogens (tertiary/aromatic N) is 3. The maximum absolute atomic E-state index is 9.15. The van der Waals surface area contributed by atoms with Crippen molar-refractivity contribution in [3.63, 3.8) is 0 Å². The van der Waals surface area contributed by atoms with Crippen molar-refractivity contribution in [1.82, 2.24) is 10.2 Å². The van der Waals surface area contributed by atoms with E-state index in [0.29, 0.717) is 19.0 Å². The number of rotatable bonds is 1. The highest BCUT2D eigenvalue weighted by atomic mass is 16.7. The normalized spacial score (nSPS) is 23.1. The van der Waals surface area contributed by atoms with E-state index in [4.69, 9.17) is 9.94 Å². The van der Waals surface area contributed by atoms with Gasteiger partial charge in [-0.05, 0) is 12.1 Å². The Bertz CT molecular complexity index is 254. The molecule has 0 aliphatic carbocycles. The molecule has 1 aromatic heterocycles. The summed E-state index contributed by atoms with van der Waals surface area (Å²) in [5.74, 6) is 0.633. The largest absolute Gasteiger partial charge is 0.389 e. The van der Waals surface area contributed by atoms with Gasteiger partial charge in [-0.1, -0.05) is 0 Å². The third-order valence-corrected chi connectivity index (χ3v) is 1.61. The van der Waals surface area contributed by atoms with Crippen LogP contribution in [0.15, 0.2) is 18.3 Å². The van der Waals surface area contributed by atoms with Crippen LogP contribution in [0.25, 0.3) is 0 Å². The Morgan fingerprint density at radius 3 is 3.17 bits per heavy atom. The maximum atomic E-state index is 9.15. The van der Waals surface area contributed by atoms with E-state index in [-0.39, 0.29) is 0 Å². The smallest absolute Gasteiger partial charge is 0.175 e. The summed E-state index contributed by atoms with van der Waals surface area (Å²) in [6, 6.07) is 3.56. The van der Waals surface area contributed by atoms with E-state index in [1.54, 1.807) is 18.3 Å². The zero-order valence-electron chi connectivity index (χ0n) is 6.42. The van der Waals surface area contributed by atoms with Crippen LogP contribution in [0, 0.1) is 0 Å². The molecule has 2 heterocycles. The minimum absolute atomic E-state index is 0.330. The van der Waals surface area contributed by atoms with Gasteiger partial charge in [-0.15, -0.1) is 5.10 Å². The Hall–Kier alpha value is -1.20.